The molecule has 1 saturated heterocycles. The summed E-state index contributed by atoms with van der Waals surface area (Å²) in [6, 6.07) is 7.69. The fraction of sp³-hybridized carbons (Fsp3) is 0.421. The molecule has 3 rings (SSSR count). The van der Waals surface area contributed by atoms with Gasteiger partial charge < -0.3 is 20.4 Å². The molecule has 1 aliphatic rings. The molecule has 1 aromatic heterocycles. The lowest BCUT2D eigenvalue weighted by Gasteiger charge is -2.34. The number of carbonyl (C=O) groups is 1. The van der Waals surface area contributed by atoms with Crippen molar-refractivity contribution >= 4 is 29.9 Å². The Kier molecular flexibility index (Phi) is 7.28. The molecule has 0 unspecified atom stereocenters. The Hall–Kier alpha value is -2.74. The van der Waals surface area contributed by atoms with E-state index in [0.717, 1.165) is 42.9 Å². The number of aromatic nitrogens is 2. The highest BCUT2D eigenvalue weighted by Crippen LogP contribution is 2.30. The Morgan fingerprint density at radius 3 is 2.50 bits per heavy atom. The molecule has 0 bridgehead atoms. The van der Waals surface area contributed by atoms with E-state index in [0.29, 0.717) is 6.54 Å². The van der Waals surface area contributed by atoms with Crippen molar-refractivity contribution in [3.05, 3.63) is 52.2 Å². The number of carbonyl (C=O) groups excluding carboxylic acids is 1. The number of nitrogens with zero attached hydrogens (tertiary/aromatic N) is 2. The molecular weight excluding hydrogens is 382 g/mol. The molecule has 152 valence electrons. The minimum Gasteiger partial charge on any atom is -0.469 e. The number of aromatic amines is 1. The van der Waals surface area contributed by atoms with Crippen molar-refractivity contribution in [2.24, 2.45) is 5.73 Å². The second-order valence-corrected chi connectivity index (χ2v) is 6.72. The van der Waals surface area contributed by atoms with Crippen LogP contribution in [-0.4, -0.2) is 41.6 Å². The van der Waals surface area contributed by atoms with E-state index in [1.807, 2.05) is 24.3 Å². The Labute approximate surface area is 169 Å². The second kappa shape index (κ2) is 9.45. The molecule has 0 amide bonds. The molecule has 4 N–H and O–H groups in total. The first-order valence-electron chi connectivity index (χ1n) is 9.04. The van der Waals surface area contributed by atoms with Crippen LogP contribution >= 0.6 is 12.4 Å². The molecule has 0 spiro atoms. The van der Waals surface area contributed by atoms with Crippen LogP contribution < -0.4 is 16.3 Å². The lowest BCUT2D eigenvalue weighted by molar-refractivity contribution is -0.140. The highest BCUT2D eigenvalue weighted by Gasteiger charge is 2.24. The van der Waals surface area contributed by atoms with E-state index in [2.05, 4.69) is 14.6 Å². The first-order valence-corrected chi connectivity index (χ1v) is 9.04. The topological polar surface area (TPSA) is 117 Å². The summed E-state index contributed by atoms with van der Waals surface area (Å²) >= 11 is 0. The van der Waals surface area contributed by atoms with Crippen molar-refractivity contribution < 1.29 is 9.53 Å². The van der Waals surface area contributed by atoms with Crippen LogP contribution in [-0.2, 0) is 16.1 Å². The SMILES string of the molecule is COC(=O)CCn1c(C2CCN(c3ccc(C(=N)N)cc3)CC2)c[nH]c1=O.Cl. The standard InChI is InChI=1S/C19H25N5O3.ClH/c1-27-17(25)8-11-24-16(12-22-19(24)26)13-6-9-23(10-7-13)15-4-2-14(3-5-15)18(20)21;/h2-5,12-13H,6-11H2,1H3,(H3,20,21)(H,22,26);1H. The van der Waals surface area contributed by atoms with Gasteiger partial charge in [0.1, 0.15) is 5.84 Å². The third-order valence-corrected chi connectivity index (χ3v) is 5.12. The molecule has 1 fully saturated rings. The van der Waals surface area contributed by atoms with Gasteiger partial charge in [-0.05, 0) is 37.1 Å². The van der Waals surface area contributed by atoms with Crippen LogP contribution in [0.2, 0.25) is 0 Å². The van der Waals surface area contributed by atoms with Crippen molar-refractivity contribution in [1.29, 1.82) is 5.41 Å². The fourth-order valence-corrected chi connectivity index (χ4v) is 3.57. The van der Waals surface area contributed by atoms with Gasteiger partial charge in [0.25, 0.3) is 0 Å². The molecule has 2 heterocycles. The van der Waals surface area contributed by atoms with Crippen LogP contribution in [0.5, 0.6) is 0 Å². The average molecular weight is 408 g/mol. The Balaban J connectivity index is 0.00000280. The van der Waals surface area contributed by atoms with Gasteiger partial charge in [-0.2, -0.15) is 0 Å². The molecule has 0 atom stereocenters. The number of esters is 1. The highest BCUT2D eigenvalue weighted by molar-refractivity contribution is 5.95. The number of halogens is 1. The van der Waals surface area contributed by atoms with Crippen molar-refractivity contribution in [2.75, 3.05) is 25.1 Å². The number of nitrogen functional groups attached to an aromatic ring is 1. The van der Waals surface area contributed by atoms with Gasteiger partial charge >= 0.3 is 11.7 Å². The summed E-state index contributed by atoms with van der Waals surface area (Å²) in [5.41, 5.74) is 8.10. The summed E-state index contributed by atoms with van der Waals surface area (Å²) in [6.07, 6.45) is 3.79. The predicted octanol–water partition coefficient (Wildman–Crippen LogP) is 1.83. The Morgan fingerprint density at radius 1 is 1.29 bits per heavy atom. The molecule has 2 aromatic rings. The van der Waals surface area contributed by atoms with Crippen molar-refractivity contribution in [3.8, 4) is 0 Å². The van der Waals surface area contributed by atoms with Crippen molar-refractivity contribution in [3.63, 3.8) is 0 Å². The van der Waals surface area contributed by atoms with Crippen LogP contribution in [0.1, 0.15) is 36.4 Å². The number of hydrogen-bond acceptors (Lipinski definition) is 5. The summed E-state index contributed by atoms with van der Waals surface area (Å²) in [7, 11) is 1.35. The number of H-pyrrole nitrogens is 1. The highest BCUT2D eigenvalue weighted by atomic mass is 35.5. The van der Waals surface area contributed by atoms with Gasteiger partial charge in [0.05, 0.1) is 13.5 Å². The number of hydrogen-bond donors (Lipinski definition) is 3. The molecule has 0 radical (unpaired) electrons. The van der Waals surface area contributed by atoms with Crippen LogP contribution in [0.15, 0.2) is 35.3 Å². The van der Waals surface area contributed by atoms with E-state index < -0.39 is 0 Å². The summed E-state index contributed by atoms with van der Waals surface area (Å²) in [4.78, 5) is 28.5. The maximum atomic E-state index is 12.1. The van der Waals surface area contributed by atoms with Crippen molar-refractivity contribution in [1.82, 2.24) is 9.55 Å². The monoisotopic (exact) mass is 407 g/mol. The van der Waals surface area contributed by atoms with Gasteiger partial charge in [0, 0.05) is 48.7 Å². The number of anilines is 1. The predicted molar refractivity (Wildman–Crippen MR) is 111 cm³/mol. The smallest absolute Gasteiger partial charge is 0.325 e. The number of imidazole rings is 1. The summed E-state index contributed by atoms with van der Waals surface area (Å²) < 4.78 is 6.32. The normalized spacial score (nSPS) is 14.4. The minimum absolute atomic E-state index is 0. The molecular formula is C19H26ClN5O3. The molecule has 1 aromatic carbocycles. The van der Waals surface area contributed by atoms with E-state index in [4.69, 9.17) is 11.1 Å². The maximum Gasteiger partial charge on any atom is 0.325 e. The number of amidine groups is 1. The lowest BCUT2D eigenvalue weighted by Crippen LogP contribution is -2.34. The van der Waals surface area contributed by atoms with E-state index in [1.165, 1.54) is 7.11 Å². The quantitative estimate of drug-likeness (QED) is 0.383. The van der Waals surface area contributed by atoms with Crippen LogP contribution in [0.4, 0.5) is 5.69 Å². The summed E-state index contributed by atoms with van der Waals surface area (Å²) in [6.45, 7) is 2.08. The maximum absolute atomic E-state index is 12.1. The van der Waals surface area contributed by atoms with Crippen LogP contribution in [0.25, 0.3) is 0 Å². The molecule has 8 nitrogen and oxygen atoms in total. The minimum atomic E-state index is -0.321. The number of nitrogens with one attached hydrogen (secondary N) is 2. The number of ether oxygens (including phenoxy) is 1. The number of rotatable bonds is 6. The van der Waals surface area contributed by atoms with E-state index in [1.54, 1.807) is 10.8 Å². The lowest BCUT2D eigenvalue weighted by atomic mass is 9.93. The third-order valence-electron chi connectivity index (χ3n) is 5.12. The average Bonchev–Trinajstić information content (AvgIpc) is 3.06. The molecule has 0 saturated carbocycles. The Morgan fingerprint density at radius 2 is 1.93 bits per heavy atom. The zero-order chi connectivity index (χ0) is 19.4. The molecule has 1 aliphatic heterocycles. The van der Waals surface area contributed by atoms with Crippen molar-refractivity contribution in [2.45, 2.75) is 31.7 Å². The van der Waals surface area contributed by atoms with E-state index in [9.17, 15) is 9.59 Å². The van der Waals surface area contributed by atoms with Crippen LogP contribution in [0.3, 0.4) is 0 Å². The van der Waals surface area contributed by atoms with Gasteiger partial charge in [0.15, 0.2) is 0 Å². The first-order chi connectivity index (χ1) is 13.0. The second-order valence-electron chi connectivity index (χ2n) is 6.72. The van der Waals surface area contributed by atoms with Gasteiger partial charge in [-0.1, -0.05) is 0 Å². The summed E-state index contributed by atoms with van der Waals surface area (Å²) in [5.74, 6) is 0.0184. The largest absolute Gasteiger partial charge is 0.469 e. The fourth-order valence-electron chi connectivity index (χ4n) is 3.57. The van der Waals surface area contributed by atoms with Gasteiger partial charge in [-0.15, -0.1) is 12.4 Å². The number of benzene rings is 1. The zero-order valence-electron chi connectivity index (χ0n) is 15.8. The molecule has 28 heavy (non-hydrogen) atoms. The zero-order valence-corrected chi connectivity index (χ0v) is 16.6. The summed E-state index contributed by atoms with van der Waals surface area (Å²) in [5, 5.41) is 7.47. The van der Waals surface area contributed by atoms with E-state index >= 15 is 0 Å². The van der Waals surface area contributed by atoms with Gasteiger partial charge in [0.2, 0.25) is 0 Å². The van der Waals surface area contributed by atoms with Gasteiger partial charge in [-0.25, -0.2) is 4.79 Å². The Bertz CT molecular complexity index is 866. The third kappa shape index (κ3) is 4.75. The number of piperidine rings is 1. The molecule has 0 aliphatic carbocycles. The first kappa shape index (κ1) is 21.6. The number of nitrogens with two attached hydrogens (primary N) is 1. The van der Waals surface area contributed by atoms with Gasteiger partial charge in [-0.3, -0.25) is 14.8 Å². The van der Waals surface area contributed by atoms with Crippen LogP contribution in [0, 0.1) is 5.41 Å². The van der Waals surface area contributed by atoms with E-state index in [-0.39, 0.29) is 42.2 Å². The number of methoxy groups -OCH3 is 1. The molecule has 9 heteroatoms.